The van der Waals surface area contributed by atoms with Crippen molar-refractivity contribution < 1.29 is 9.59 Å². The minimum atomic E-state index is -0.181. The van der Waals surface area contributed by atoms with E-state index in [-0.39, 0.29) is 17.9 Å². The van der Waals surface area contributed by atoms with Crippen LogP contribution in [0.25, 0.3) is 0 Å². The van der Waals surface area contributed by atoms with Crippen LogP contribution in [0.1, 0.15) is 47.1 Å². The van der Waals surface area contributed by atoms with Gasteiger partial charge in [-0.2, -0.15) is 0 Å². The fourth-order valence-corrected chi connectivity index (χ4v) is 4.55. The van der Waals surface area contributed by atoms with Gasteiger partial charge in [-0.1, -0.05) is 36.0 Å². The van der Waals surface area contributed by atoms with Gasteiger partial charge < -0.3 is 10.6 Å². The molecule has 0 saturated heterocycles. The molecule has 0 aliphatic heterocycles. The van der Waals surface area contributed by atoms with E-state index in [1.807, 2.05) is 67.8 Å². The topological polar surface area (TPSA) is 71.1 Å². The average Bonchev–Trinajstić information content (AvgIpc) is 3.11. The normalized spacial score (nSPS) is 11.7. The van der Waals surface area contributed by atoms with Gasteiger partial charge in [-0.3, -0.25) is 9.59 Å². The summed E-state index contributed by atoms with van der Waals surface area (Å²) >= 11 is 3.35. The van der Waals surface area contributed by atoms with Crippen molar-refractivity contribution in [3.8, 4) is 0 Å². The third-order valence-corrected chi connectivity index (χ3v) is 6.44. The number of hydrogen-bond donors (Lipinski definition) is 2. The summed E-state index contributed by atoms with van der Waals surface area (Å²) in [5.41, 5.74) is 4.45. The molecule has 2 N–H and O–H groups in total. The van der Waals surface area contributed by atoms with Crippen molar-refractivity contribution in [3.63, 3.8) is 0 Å². The lowest BCUT2D eigenvalue weighted by atomic mass is 10.1. The molecule has 150 valence electrons. The summed E-state index contributed by atoms with van der Waals surface area (Å²) < 4.78 is 1.06. The van der Waals surface area contributed by atoms with E-state index in [0.717, 1.165) is 26.9 Å². The number of carbonyl (C=O) groups excluding carboxylic acids is 2. The number of hydrogen-bond acceptors (Lipinski definition) is 5. The summed E-state index contributed by atoms with van der Waals surface area (Å²) in [6, 6.07) is 14.9. The molecular formula is C22H23N3O2S2. The first-order valence-corrected chi connectivity index (χ1v) is 11.1. The van der Waals surface area contributed by atoms with E-state index in [0.29, 0.717) is 11.3 Å². The monoisotopic (exact) mass is 425 g/mol. The molecule has 0 aliphatic carbocycles. The smallest absolute Gasteiger partial charge is 0.251 e. The molecule has 1 atom stereocenters. The van der Waals surface area contributed by atoms with E-state index < -0.39 is 0 Å². The number of benzene rings is 2. The van der Waals surface area contributed by atoms with Gasteiger partial charge in [-0.15, -0.1) is 11.3 Å². The van der Waals surface area contributed by atoms with Crippen LogP contribution in [0.5, 0.6) is 0 Å². The standard InChI is InChI=1S/C22H23N3O2S2/c1-14-12-28-22(23-14)29-13-17-7-9-18(10-8-17)21(27)24-15(2)19-5-4-6-20(11-19)25-16(3)26/h4-12,15H,13H2,1-3H3,(H,24,27)(H,25,26). The molecule has 29 heavy (non-hydrogen) atoms. The SMILES string of the molecule is CC(=O)Nc1cccc(C(C)NC(=O)c2ccc(CSc3nc(C)cs3)cc2)c1. The van der Waals surface area contributed by atoms with E-state index in [1.54, 1.807) is 23.1 Å². The highest BCUT2D eigenvalue weighted by Crippen LogP contribution is 2.26. The molecule has 0 fully saturated rings. The number of thioether (sulfide) groups is 1. The summed E-state index contributed by atoms with van der Waals surface area (Å²) in [5, 5.41) is 7.81. The van der Waals surface area contributed by atoms with Gasteiger partial charge >= 0.3 is 0 Å². The number of anilines is 1. The maximum Gasteiger partial charge on any atom is 0.251 e. The zero-order chi connectivity index (χ0) is 20.8. The zero-order valence-electron chi connectivity index (χ0n) is 16.6. The van der Waals surface area contributed by atoms with Crippen molar-refractivity contribution in [2.45, 2.75) is 36.9 Å². The number of aromatic nitrogens is 1. The summed E-state index contributed by atoms with van der Waals surface area (Å²) in [6.07, 6.45) is 0. The summed E-state index contributed by atoms with van der Waals surface area (Å²) in [6.45, 7) is 5.38. The number of carbonyl (C=O) groups is 2. The molecule has 1 unspecified atom stereocenters. The minimum Gasteiger partial charge on any atom is -0.346 e. The first kappa shape index (κ1) is 21.1. The Balaban J connectivity index is 1.58. The van der Waals surface area contributed by atoms with Crippen LogP contribution in [0, 0.1) is 6.92 Å². The Bertz CT molecular complexity index is 999. The van der Waals surface area contributed by atoms with E-state index in [2.05, 4.69) is 15.6 Å². The minimum absolute atomic E-state index is 0.123. The molecule has 3 rings (SSSR count). The molecule has 0 radical (unpaired) electrons. The van der Waals surface area contributed by atoms with Crippen molar-refractivity contribution in [2.24, 2.45) is 0 Å². The Morgan fingerprint density at radius 2 is 1.93 bits per heavy atom. The first-order chi connectivity index (χ1) is 13.9. The van der Waals surface area contributed by atoms with Crippen molar-refractivity contribution in [3.05, 3.63) is 76.3 Å². The molecule has 3 aromatic rings. The van der Waals surface area contributed by atoms with Gasteiger partial charge in [0.2, 0.25) is 5.91 Å². The van der Waals surface area contributed by atoms with Gasteiger partial charge in [0.05, 0.1) is 6.04 Å². The maximum atomic E-state index is 12.6. The Morgan fingerprint density at radius 1 is 1.17 bits per heavy atom. The van der Waals surface area contributed by atoms with E-state index in [9.17, 15) is 9.59 Å². The highest BCUT2D eigenvalue weighted by Gasteiger charge is 2.12. The number of amides is 2. The lowest BCUT2D eigenvalue weighted by molar-refractivity contribution is -0.114. The second kappa shape index (κ2) is 9.71. The van der Waals surface area contributed by atoms with Crippen LogP contribution in [0.4, 0.5) is 5.69 Å². The van der Waals surface area contributed by atoms with Gasteiger partial charge in [-0.25, -0.2) is 4.98 Å². The van der Waals surface area contributed by atoms with Gasteiger partial charge in [-0.05, 0) is 49.2 Å². The second-order valence-electron chi connectivity index (χ2n) is 6.74. The second-order valence-corrected chi connectivity index (χ2v) is 8.82. The summed E-state index contributed by atoms with van der Waals surface area (Å²) in [5.74, 6) is 0.570. The van der Waals surface area contributed by atoms with Crippen molar-refractivity contribution >= 4 is 40.6 Å². The van der Waals surface area contributed by atoms with Crippen LogP contribution >= 0.6 is 23.1 Å². The number of nitrogens with zero attached hydrogens (tertiary/aromatic N) is 1. The Hall–Kier alpha value is -2.64. The molecule has 1 heterocycles. The van der Waals surface area contributed by atoms with Gasteiger partial charge in [0.1, 0.15) is 4.34 Å². The van der Waals surface area contributed by atoms with E-state index >= 15 is 0 Å². The number of aryl methyl sites for hydroxylation is 1. The lowest BCUT2D eigenvalue weighted by Gasteiger charge is -2.16. The molecular weight excluding hydrogens is 402 g/mol. The molecule has 5 nitrogen and oxygen atoms in total. The molecule has 0 spiro atoms. The average molecular weight is 426 g/mol. The highest BCUT2D eigenvalue weighted by molar-refractivity contribution is 8.00. The van der Waals surface area contributed by atoms with Crippen LogP contribution in [-0.2, 0) is 10.5 Å². The zero-order valence-corrected chi connectivity index (χ0v) is 18.2. The molecule has 1 aromatic heterocycles. The predicted octanol–water partition coefficient (Wildman–Crippen LogP) is 5.19. The Kier molecular flexibility index (Phi) is 7.06. The maximum absolute atomic E-state index is 12.6. The highest BCUT2D eigenvalue weighted by atomic mass is 32.2. The van der Waals surface area contributed by atoms with E-state index in [4.69, 9.17) is 0 Å². The number of rotatable bonds is 7. The quantitative estimate of drug-likeness (QED) is 0.511. The number of thiazole rings is 1. The molecule has 0 bridgehead atoms. The van der Waals surface area contributed by atoms with Crippen molar-refractivity contribution in [1.82, 2.24) is 10.3 Å². The molecule has 2 amide bonds. The lowest BCUT2D eigenvalue weighted by Crippen LogP contribution is -2.26. The summed E-state index contributed by atoms with van der Waals surface area (Å²) in [4.78, 5) is 28.3. The summed E-state index contributed by atoms with van der Waals surface area (Å²) in [7, 11) is 0. The number of nitrogens with one attached hydrogen (secondary N) is 2. The molecule has 2 aromatic carbocycles. The van der Waals surface area contributed by atoms with Crippen LogP contribution in [0.2, 0.25) is 0 Å². The third-order valence-electron chi connectivity index (χ3n) is 4.23. The van der Waals surface area contributed by atoms with Crippen molar-refractivity contribution in [1.29, 1.82) is 0 Å². The van der Waals surface area contributed by atoms with E-state index in [1.165, 1.54) is 6.92 Å². The van der Waals surface area contributed by atoms with Gasteiger partial charge in [0.25, 0.3) is 5.91 Å². The molecule has 0 saturated carbocycles. The fourth-order valence-electron chi connectivity index (χ4n) is 2.75. The fraction of sp³-hybridized carbons (Fsp3) is 0.227. The molecule has 0 aliphatic rings. The first-order valence-electron chi connectivity index (χ1n) is 9.23. The van der Waals surface area contributed by atoms with Gasteiger partial charge in [0, 0.05) is 35.0 Å². The Morgan fingerprint density at radius 3 is 2.59 bits per heavy atom. The largest absolute Gasteiger partial charge is 0.346 e. The molecule has 7 heteroatoms. The Labute approximate surface area is 179 Å². The third kappa shape index (κ3) is 6.17. The van der Waals surface area contributed by atoms with Crippen LogP contribution in [0.15, 0.2) is 58.3 Å². The van der Waals surface area contributed by atoms with Crippen molar-refractivity contribution in [2.75, 3.05) is 5.32 Å². The van der Waals surface area contributed by atoms with Crippen LogP contribution in [0.3, 0.4) is 0 Å². The predicted molar refractivity (Wildman–Crippen MR) is 119 cm³/mol. The van der Waals surface area contributed by atoms with Crippen LogP contribution < -0.4 is 10.6 Å². The van der Waals surface area contributed by atoms with Gasteiger partial charge in [0.15, 0.2) is 0 Å². The van der Waals surface area contributed by atoms with Crippen LogP contribution in [-0.4, -0.2) is 16.8 Å².